The summed E-state index contributed by atoms with van der Waals surface area (Å²) in [6, 6.07) is 11.1. The molecule has 4 nitrogen and oxygen atoms in total. The van der Waals surface area contributed by atoms with Gasteiger partial charge in [-0.05, 0) is 42.8 Å². The number of benzene rings is 2. The molecule has 2 aromatic carbocycles. The monoisotopic (exact) mass is 252 g/mol. The summed E-state index contributed by atoms with van der Waals surface area (Å²) in [5, 5.41) is 18.3. The van der Waals surface area contributed by atoms with Gasteiger partial charge in [-0.1, -0.05) is 6.07 Å². The molecule has 4 heteroatoms. The minimum absolute atomic E-state index is 0.0509. The van der Waals surface area contributed by atoms with Crippen molar-refractivity contribution in [3.63, 3.8) is 0 Å². The lowest BCUT2D eigenvalue weighted by molar-refractivity contribution is 0.103. The number of anilines is 1. The van der Waals surface area contributed by atoms with Gasteiger partial charge < -0.3 is 10.8 Å². The molecule has 0 bridgehead atoms. The van der Waals surface area contributed by atoms with E-state index in [-0.39, 0.29) is 22.7 Å². The molecule has 0 radical (unpaired) electrons. The van der Waals surface area contributed by atoms with Crippen LogP contribution in [0.2, 0.25) is 0 Å². The number of hydrogen-bond donors (Lipinski definition) is 2. The van der Waals surface area contributed by atoms with Crippen molar-refractivity contribution in [2.75, 3.05) is 5.73 Å². The number of nitriles is 1. The molecule has 0 heterocycles. The highest BCUT2D eigenvalue weighted by Crippen LogP contribution is 2.22. The molecule has 2 aromatic rings. The molecular formula is C15H12N2O2. The van der Waals surface area contributed by atoms with Crippen molar-refractivity contribution >= 4 is 11.5 Å². The molecule has 19 heavy (non-hydrogen) atoms. The van der Waals surface area contributed by atoms with Crippen LogP contribution in [0.5, 0.6) is 5.75 Å². The van der Waals surface area contributed by atoms with Gasteiger partial charge in [0.05, 0.1) is 5.56 Å². The fourth-order valence-electron chi connectivity index (χ4n) is 1.86. The number of hydrogen-bond acceptors (Lipinski definition) is 4. The summed E-state index contributed by atoms with van der Waals surface area (Å²) in [5.41, 5.74) is 7.88. The summed E-state index contributed by atoms with van der Waals surface area (Å²) < 4.78 is 0. The van der Waals surface area contributed by atoms with Crippen LogP contribution in [0.1, 0.15) is 27.0 Å². The van der Waals surface area contributed by atoms with E-state index in [1.807, 2.05) is 13.0 Å². The first-order chi connectivity index (χ1) is 9.02. The predicted molar refractivity (Wildman–Crippen MR) is 71.8 cm³/mol. The molecule has 0 aliphatic rings. The number of carbonyl (C=O) groups excluding carboxylic acids is 1. The Balaban J connectivity index is 2.54. The third kappa shape index (κ3) is 2.40. The van der Waals surface area contributed by atoms with E-state index >= 15 is 0 Å². The van der Waals surface area contributed by atoms with E-state index < -0.39 is 0 Å². The molecule has 0 aromatic heterocycles. The van der Waals surface area contributed by atoms with Crippen molar-refractivity contribution in [1.82, 2.24) is 0 Å². The number of aromatic hydroxyl groups is 1. The summed E-state index contributed by atoms with van der Waals surface area (Å²) in [4.78, 5) is 12.4. The second-order valence-electron chi connectivity index (χ2n) is 4.26. The van der Waals surface area contributed by atoms with Crippen LogP contribution in [-0.2, 0) is 0 Å². The minimum atomic E-state index is -0.325. The highest BCUT2D eigenvalue weighted by molar-refractivity contribution is 6.13. The lowest BCUT2D eigenvalue weighted by Gasteiger charge is -2.07. The number of nitrogens with two attached hydrogens (primary N) is 1. The maximum Gasteiger partial charge on any atom is 0.196 e. The first kappa shape index (κ1) is 12.7. The molecule has 2 rings (SSSR count). The van der Waals surface area contributed by atoms with Gasteiger partial charge in [-0.25, -0.2) is 0 Å². The summed E-state index contributed by atoms with van der Waals surface area (Å²) in [5.74, 6) is -0.376. The smallest absolute Gasteiger partial charge is 0.196 e. The van der Waals surface area contributed by atoms with E-state index in [1.165, 1.54) is 18.2 Å². The predicted octanol–water partition coefficient (Wildman–Crippen LogP) is 2.39. The van der Waals surface area contributed by atoms with Crippen LogP contribution in [0.4, 0.5) is 5.69 Å². The third-order valence-corrected chi connectivity index (χ3v) is 2.82. The van der Waals surface area contributed by atoms with Crippen LogP contribution in [0.15, 0.2) is 36.4 Å². The number of phenols is 1. The molecule has 0 saturated heterocycles. The number of aryl methyl sites for hydroxylation is 1. The average molecular weight is 252 g/mol. The Morgan fingerprint density at radius 2 is 1.89 bits per heavy atom. The molecule has 94 valence electrons. The van der Waals surface area contributed by atoms with E-state index in [9.17, 15) is 9.90 Å². The van der Waals surface area contributed by atoms with Gasteiger partial charge in [0.1, 0.15) is 11.8 Å². The number of nitrogen functional groups attached to an aromatic ring is 1. The lowest BCUT2D eigenvalue weighted by Crippen LogP contribution is -2.07. The highest BCUT2D eigenvalue weighted by Gasteiger charge is 2.16. The molecular weight excluding hydrogens is 240 g/mol. The van der Waals surface area contributed by atoms with Gasteiger partial charge in [0.15, 0.2) is 5.78 Å². The molecule has 0 amide bonds. The zero-order chi connectivity index (χ0) is 14.0. The fraction of sp³-hybridized carbons (Fsp3) is 0.0667. The molecule has 0 fully saturated rings. The molecule has 0 unspecified atom stereocenters. The summed E-state index contributed by atoms with van der Waals surface area (Å²) in [6.07, 6.45) is 0. The second-order valence-corrected chi connectivity index (χ2v) is 4.26. The van der Waals surface area contributed by atoms with Gasteiger partial charge in [0, 0.05) is 16.8 Å². The Bertz CT molecular complexity index is 700. The van der Waals surface area contributed by atoms with Gasteiger partial charge in [0.25, 0.3) is 0 Å². The number of rotatable bonds is 2. The van der Waals surface area contributed by atoms with Crippen LogP contribution in [0.3, 0.4) is 0 Å². The molecule has 0 atom stereocenters. The van der Waals surface area contributed by atoms with Crippen LogP contribution in [0.25, 0.3) is 0 Å². The van der Waals surface area contributed by atoms with Crippen LogP contribution < -0.4 is 5.73 Å². The molecule has 0 spiro atoms. The zero-order valence-electron chi connectivity index (χ0n) is 10.3. The first-order valence-electron chi connectivity index (χ1n) is 5.67. The first-order valence-corrected chi connectivity index (χ1v) is 5.67. The van der Waals surface area contributed by atoms with Crippen molar-refractivity contribution in [2.24, 2.45) is 0 Å². The lowest BCUT2D eigenvalue weighted by atomic mass is 9.97. The number of phenolic OH excluding ortho intramolecular Hbond substituents is 1. The maximum absolute atomic E-state index is 12.4. The van der Waals surface area contributed by atoms with E-state index in [0.29, 0.717) is 11.3 Å². The van der Waals surface area contributed by atoms with Crippen LogP contribution in [0, 0.1) is 18.3 Å². The summed E-state index contributed by atoms with van der Waals surface area (Å²) >= 11 is 0. The van der Waals surface area contributed by atoms with E-state index in [4.69, 9.17) is 11.0 Å². The van der Waals surface area contributed by atoms with Gasteiger partial charge in [-0.15, -0.1) is 0 Å². The zero-order valence-corrected chi connectivity index (χ0v) is 10.3. The number of carbonyl (C=O) groups is 1. The quantitative estimate of drug-likeness (QED) is 0.634. The Kier molecular flexibility index (Phi) is 3.21. The molecule has 0 saturated carbocycles. The second kappa shape index (κ2) is 4.83. The van der Waals surface area contributed by atoms with Crippen molar-refractivity contribution in [2.45, 2.75) is 6.92 Å². The van der Waals surface area contributed by atoms with E-state index in [2.05, 4.69) is 0 Å². The third-order valence-electron chi connectivity index (χ3n) is 2.82. The van der Waals surface area contributed by atoms with Crippen LogP contribution >= 0.6 is 0 Å². The Hall–Kier alpha value is -2.80. The summed E-state index contributed by atoms with van der Waals surface area (Å²) in [7, 11) is 0. The largest absolute Gasteiger partial charge is 0.508 e. The molecule has 0 aliphatic carbocycles. The van der Waals surface area contributed by atoms with Crippen molar-refractivity contribution in [3.8, 4) is 11.8 Å². The topological polar surface area (TPSA) is 87.1 Å². The fourth-order valence-corrected chi connectivity index (χ4v) is 1.86. The average Bonchev–Trinajstić information content (AvgIpc) is 2.37. The Morgan fingerprint density at radius 3 is 2.53 bits per heavy atom. The van der Waals surface area contributed by atoms with E-state index in [0.717, 1.165) is 5.56 Å². The standard InChI is InChI=1S/C15H12N2O2/c1-9-2-4-13(14(17)6-9)15(19)12-5-3-11(18)7-10(12)8-16/h2-7,18H,17H2,1H3. The van der Waals surface area contributed by atoms with E-state index in [1.54, 1.807) is 18.2 Å². The van der Waals surface area contributed by atoms with Crippen LogP contribution in [-0.4, -0.2) is 10.9 Å². The SMILES string of the molecule is Cc1ccc(C(=O)c2ccc(O)cc2C#N)c(N)c1. The molecule has 0 aliphatic heterocycles. The normalized spacial score (nSPS) is 9.89. The minimum Gasteiger partial charge on any atom is -0.508 e. The van der Waals surface area contributed by atoms with Gasteiger partial charge >= 0.3 is 0 Å². The van der Waals surface area contributed by atoms with Crippen molar-refractivity contribution in [3.05, 3.63) is 58.7 Å². The molecule has 3 N–H and O–H groups in total. The number of nitrogens with zero attached hydrogens (tertiary/aromatic N) is 1. The van der Waals surface area contributed by atoms with Crippen molar-refractivity contribution in [1.29, 1.82) is 5.26 Å². The van der Waals surface area contributed by atoms with Crippen molar-refractivity contribution < 1.29 is 9.90 Å². The van der Waals surface area contributed by atoms with Gasteiger partial charge in [0.2, 0.25) is 0 Å². The van der Waals surface area contributed by atoms with Gasteiger partial charge in [-0.2, -0.15) is 5.26 Å². The number of ketones is 1. The maximum atomic E-state index is 12.4. The Labute approximate surface area is 110 Å². The summed E-state index contributed by atoms with van der Waals surface area (Å²) in [6.45, 7) is 1.88. The Morgan fingerprint density at radius 1 is 1.21 bits per heavy atom. The van der Waals surface area contributed by atoms with Gasteiger partial charge in [-0.3, -0.25) is 4.79 Å². The highest BCUT2D eigenvalue weighted by atomic mass is 16.3.